The summed E-state index contributed by atoms with van der Waals surface area (Å²) in [7, 11) is 0. The number of thiazole rings is 1. The van der Waals surface area contributed by atoms with E-state index >= 15 is 0 Å². The number of rotatable bonds is 8. The molecule has 3 rings (SSSR count). The van der Waals surface area contributed by atoms with Gasteiger partial charge in [-0.15, -0.1) is 22.7 Å². The van der Waals surface area contributed by atoms with Crippen molar-refractivity contribution in [3.63, 3.8) is 0 Å². The van der Waals surface area contributed by atoms with Gasteiger partial charge in [0.05, 0.1) is 18.2 Å². The number of hydrogen-bond donors (Lipinski definition) is 2. The number of hydrogen-bond acceptors (Lipinski definition) is 5. The number of benzene rings is 1. The van der Waals surface area contributed by atoms with E-state index < -0.39 is 0 Å². The van der Waals surface area contributed by atoms with Crippen molar-refractivity contribution in [1.82, 2.24) is 10.3 Å². The number of anilines is 1. The van der Waals surface area contributed by atoms with Gasteiger partial charge in [0.15, 0.2) is 5.13 Å². The fourth-order valence-corrected chi connectivity index (χ4v) is 4.31. The maximum atomic E-state index is 12.7. The third-order valence-electron chi connectivity index (χ3n) is 4.50. The van der Waals surface area contributed by atoms with Crippen LogP contribution >= 0.6 is 22.7 Å². The molecule has 152 valence electrons. The van der Waals surface area contributed by atoms with E-state index in [1.807, 2.05) is 36.7 Å². The Morgan fingerprint density at radius 1 is 1.10 bits per heavy atom. The molecule has 0 radical (unpaired) electrons. The number of aromatic nitrogens is 1. The highest BCUT2D eigenvalue weighted by molar-refractivity contribution is 7.14. The van der Waals surface area contributed by atoms with E-state index in [2.05, 4.69) is 46.8 Å². The summed E-state index contributed by atoms with van der Waals surface area (Å²) in [4.78, 5) is 30.0. The van der Waals surface area contributed by atoms with E-state index in [1.54, 1.807) is 11.3 Å². The van der Waals surface area contributed by atoms with Crippen LogP contribution in [-0.2, 0) is 22.4 Å². The number of carbonyl (C=O) groups excluding carboxylic acids is 2. The summed E-state index contributed by atoms with van der Waals surface area (Å²) in [6, 6.07) is 12.2. The lowest BCUT2D eigenvalue weighted by molar-refractivity contribution is -0.121. The summed E-state index contributed by atoms with van der Waals surface area (Å²) in [5.74, 6) is -0.296. The summed E-state index contributed by atoms with van der Waals surface area (Å²) < 4.78 is 0. The lowest BCUT2D eigenvalue weighted by Gasteiger charge is -2.18. The minimum Gasteiger partial charge on any atom is -0.344 e. The molecule has 29 heavy (non-hydrogen) atoms. The smallest absolute Gasteiger partial charge is 0.228 e. The Bertz CT molecular complexity index is 947. The molecule has 1 atom stereocenters. The van der Waals surface area contributed by atoms with Gasteiger partial charge in [0.1, 0.15) is 0 Å². The Morgan fingerprint density at radius 3 is 2.48 bits per heavy atom. The fraction of sp³-hybridized carbons (Fsp3) is 0.318. The van der Waals surface area contributed by atoms with Gasteiger partial charge in [0.2, 0.25) is 11.8 Å². The summed E-state index contributed by atoms with van der Waals surface area (Å²) in [6.07, 6.45) is 1.15. The van der Waals surface area contributed by atoms with Crippen LogP contribution in [0.2, 0.25) is 0 Å². The molecular weight excluding hydrogens is 402 g/mol. The van der Waals surface area contributed by atoms with E-state index in [9.17, 15) is 9.59 Å². The molecule has 0 aliphatic carbocycles. The van der Waals surface area contributed by atoms with Crippen LogP contribution in [0.4, 0.5) is 5.13 Å². The summed E-state index contributed by atoms with van der Waals surface area (Å²) in [5, 5.41) is 10.3. The summed E-state index contributed by atoms with van der Waals surface area (Å²) >= 11 is 2.96. The van der Waals surface area contributed by atoms with E-state index in [1.165, 1.54) is 16.9 Å². The van der Waals surface area contributed by atoms with Crippen LogP contribution in [0, 0.1) is 5.92 Å². The molecular formula is C22H25N3O2S2. The third kappa shape index (κ3) is 5.74. The van der Waals surface area contributed by atoms with Gasteiger partial charge in [0.25, 0.3) is 0 Å². The second-order valence-corrected chi connectivity index (χ2v) is 8.91. The van der Waals surface area contributed by atoms with Crippen molar-refractivity contribution >= 4 is 39.6 Å². The fourth-order valence-electron chi connectivity index (χ4n) is 2.79. The van der Waals surface area contributed by atoms with Crippen molar-refractivity contribution in [3.05, 3.63) is 68.9 Å². The van der Waals surface area contributed by atoms with Gasteiger partial charge in [-0.25, -0.2) is 4.98 Å². The summed E-state index contributed by atoms with van der Waals surface area (Å²) in [5.41, 5.74) is 2.97. The first kappa shape index (κ1) is 21.2. The topological polar surface area (TPSA) is 71.1 Å². The van der Waals surface area contributed by atoms with Gasteiger partial charge in [-0.05, 0) is 29.0 Å². The first-order chi connectivity index (χ1) is 14.0. The lowest BCUT2D eigenvalue weighted by atomic mass is 10.0. The average Bonchev–Trinajstić information content (AvgIpc) is 3.38. The Labute approximate surface area is 179 Å². The molecule has 0 aliphatic rings. The molecule has 1 aromatic carbocycles. The van der Waals surface area contributed by atoms with Crippen LogP contribution in [0.3, 0.4) is 0 Å². The zero-order chi connectivity index (χ0) is 20.8. The van der Waals surface area contributed by atoms with Gasteiger partial charge in [0, 0.05) is 16.2 Å². The van der Waals surface area contributed by atoms with Gasteiger partial charge in [-0.2, -0.15) is 0 Å². The molecule has 0 bridgehead atoms. The Kier molecular flexibility index (Phi) is 7.17. The van der Waals surface area contributed by atoms with Gasteiger partial charge in [-0.3, -0.25) is 9.59 Å². The minimum absolute atomic E-state index is 0.0800. The number of nitrogens with one attached hydrogen (secondary N) is 2. The Balaban J connectivity index is 1.69. The molecule has 2 aromatic heterocycles. The van der Waals surface area contributed by atoms with E-state index in [-0.39, 0.29) is 30.2 Å². The molecule has 0 saturated carbocycles. The summed E-state index contributed by atoms with van der Waals surface area (Å²) in [6.45, 7) is 5.78. The van der Waals surface area contributed by atoms with Crippen LogP contribution in [-0.4, -0.2) is 16.8 Å². The predicted molar refractivity (Wildman–Crippen MR) is 119 cm³/mol. The molecule has 0 unspecified atom stereocenters. The number of amides is 2. The standard InChI is InChI=1S/C22H25N3O2S2/c1-4-15-7-9-16(10-8-15)20(18-6-5-11-28-18)24-19(26)12-17-13-29-22(23-17)25-21(27)14(2)3/h5-11,13-14,20H,4,12H2,1-3H3,(H,24,26)(H,23,25,27)/t20-/m1/s1. The number of thiophene rings is 1. The molecule has 7 heteroatoms. The van der Waals surface area contributed by atoms with Crippen molar-refractivity contribution < 1.29 is 9.59 Å². The highest BCUT2D eigenvalue weighted by Gasteiger charge is 2.19. The highest BCUT2D eigenvalue weighted by Crippen LogP contribution is 2.27. The van der Waals surface area contributed by atoms with Crippen molar-refractivity contribution in [2.24, 2.45) is 5.92 Å². The van der Waals surface area contributed by atoms with E-state index in [4.69, 9.17) is 0 Å². The van der Waals surface area contributed by atoms with Crippen molar-refractivity contribution in [1.29, 1.82) is 0 Å². The molecule has 2 heterocycles. The second-order valence-electron chi connectivity index (χ2n) is 7.08. The molecule has 2 N–H and O–H groups in total. The molecule has 3 aromatic rings. The maximum absolute atomic E-state index is 12.7. The van der Waals surface area contributed by atoms with Gasteiger partial charge < -0.3 is 10.6 Å². The second kappa shape index (κ2) is 9.80. The number of carbonyl (C=O) groups is 2. The number of nitrogens with zero attached hydrogens (tertiary/aromatic N) is 1. The quantitative estimate of drug-likeness (QED) is 0.542. The van der Waals surface area contributed by atoms with Crippen LogP contribution in [0.5, 0.6) is 0 Å². The van der Waals surface area contributed by atoms with Gasteiger partial charge >= 0.3 is 0 Å². The third-order valence-corrected chi connectivity index (χ3v) is 6.25. The van der Waals surface area contributed by atoms with Crippen LogP contribution in [0.25, 0.3) is 0 Å². The van der Waals surface area contributed by atoms with Gasteiger partial charge in [-0.1, -0.05) is 51.1 Å². The monoisotopic (exact) mass is 427 g/mol. The first-order valence-corrected chi connectivity index (χ1v) is 11.4. The largest absolute Gasteiger partial charge is 0.344 e. The Morgan fingerprint density at radius 2 is 1.86 bits per heavy atom. The van der Waals surface area contributed by atoms with Crippen molar-refractivity contribution in [3.8, 4) is 0 Å². The predicted octanol–water partition coefficient (Wildman–Crippen LogP) is 4.81. The molecule has 2 amide bonds. The molecule has 0 spiro atoms. The van der Waals surface area contributed by atoms with Crippen molar-refractivity contribution in [2.75, 3.05) is 5.32 Å². The highest BCUT2D eigenvalue weighted by atomic mass is 32.1. The zero-order valence-electron chi connectivity index (χ0n) is 16.8. The van der Waals surface area contributed by atoms with Crippen molar-refractivity contribution in [2.45, 2.75) is 39.7 Å². The van der Waals surface area contributed by atoms with Crippen LogP contribution < -0.4 is 10.6 Å². The zero-order valence-corrected chi connectivity index (χ0v) is 18.4. The minimum atomic E-state index is -0.188. The van der Waals surface area contributed by atoms with E-state index in [0.717, 1.165) is 16.9 Å². The van der Waals surface area contributed by atoms with Crippen LogP contribution in [0.15, 0.2) is 47.2 Å². The van der Waals surface area contributed by atoms with E-state index in [0.29, 0.717) is 10.8 Å². The SMILES string of the molecule is CCc1ccc([C@@H](NC(=O)Cc2csc(NC(=O)C(C)C)n2)c2cccs2)cc1. The number of aryl methyl sites for hydroxylation is 1. The Hall–Kier alpha value is -2.51. The lowest BCUT2D eigenvalue weighted by Crippen LogP contribution is -2.30. The maximum Gasteiger partial charge on any atom is 0.228 e. The molecule has 0 fully saturated rings. The molecule has 5 nitrogen and oxygen atoms in total. The normalized spacial score (nSPS) is 12.0. The first-order valence-electron chi connectivity index (χ1n) is 9.63. The average molecular weight is 428 g/mol. The molecule has 0 saturated heterocycles. The molecule has 0 aliphatic heterocycles. The van der Waals surface area contributed by atoms with Crippen LogP contribution in [0.1, 0.15) is 48.5 Å².